The quantitative estimate of drug-likeness (QED) is 0.744. The van der Waals surface area contributed by atoms with Crippen LogP contribution in [0.15, 0.2) is 16.6 Å². The fraction of sp³-hybridized carbons (Fsp3) is 0.222. The second kappa shape index (κ2) is 3.72. The predicted molar refractivity (Wildman–Crippen MR) is 58.1 cm³/mol. The first-order chi connectivity index (χ1) is 6.58. The van der Waals surface area contributed by atoms with Crippen LogP contribution in [0.25, 0.3) is 0 Å². The molecular formula is C9H5BrCl2O2. The lowest BCUT2D eigenvalue weighted by molar-refractivity contribution is -0.117. The van der Waals surface area contributed by atoms with E-state index in [4.69, 9.17) is 27.9 Å². The van der Waals surface area contributed by atoms with E-state index in [0.717, 1.165) is 10.0 Å². The number of rotatable bonds is 1. The molecule has 1 atom stereocenters. The number of hydrogen-bond acceptors (Lipinski definition) is 2. The van der Waals surface area contributed by atoms with E-state index in [1.807, 2.05) is 0 Å². The number of carbonyl (C=O) groups excluding carboxylic acids is 1. The highest BCUT2D eigenvalue weighted by Crippen LogP contribution is 2.38. The summed E-state index contributed by atoms with van der Waals surface area (Å²) < 4.78 is 6.12. The van der Waals surface area contributed by atoms with Crippen LogP contribution in [-0.2, 0) is 11.2 Å². The van der Waals surface area contributed by atoms with Crippen molar-refractivity contribution in [2.24, 2.45) is 0 Å². The molecule has 0 amide bonds. The van der Waals surface area contributed by atoms with Gasteiger partial charge in [-0.2, -0.15) is 0 Å². The number of carbonyl (C=O) groups is 1. The molecule has 1 heterocycles. The Morgan fingerprint density at radius 3 is 2.93 bits per heavy atom. The molecular weight excluding hydrogens is 291 g/mol. The van der Waals surface area contributed by atoms with Crippen molar-refractivity contribution in [3.05, 3.63) is 27.2 Å². The van der Waals surface area contributed by atoms with Crippen LogP contribution in [0.5, 0.6) is 5.75 Å². The van der Waals surface area contributed by atoms with Crippen LogP contribution in [0.4, 0.5) is 0 Å². The molecule has 2 nitrogen and oxygen atoms in total. The van der Waals surface area contributed by atoms with E-state index in [2.05, 4.69) is 15.9 Å². The molecule has 0 bridgehead atoms. The van der Waals surface area contributed by atoms with Gasteiger partial charge < -0.3 is 4.74 Å². The van der Waals surface area contributed by atoms with Crippen LogP contribution in [0.1, 0.15) is 5.56 Å². The molecule has 0 radical (unpaired) electrons. The van der Waals surface area contributed by atoms with Crippen molar-refractivity contribution in [3.8, 4) is 5.75 Å². The normalized spacial score (nSPS) is 18.9. The monoisotopic (exact) mass is 294 g/mol. The van der Waals surface area contributed by atoms with Crippen LogP contribution in [0.2, 0.25) is 5.02 Å². The minimum atomic E-state index is -0.582. The summed E-state index contributed by atoms with van der Waals surface area (Å²) in [7, 11) is 0. The average molecular weight is 296 g/mol. The number of ether oxygens (including phenoxy) is 1. The third kappa shape index (κ3) is 1.76. The molecule has 0 aromatic heterocycles. The third-order valence-corrected chi connectivity index (χ3v) is 3.05. The highest BCUT2D eigenvalue weighted by atomic mass is 79.9. The lowest BCUT2D eigenvalue weighted by Crippen LogP contribution is -2.20. The Balaban J connectivity index is 2.39. The van der Waals surface area contributed by atoms with Crippen LogP contribution in [0, 0.1) is 0 Å². The van der Waals surface area contributed by atoms with E-state index in [-0.39, 0.29) is 0 Å². The highest BCUT2D eigenvalue weighted by molar-refractivity contribution is 9.10. The summed E-state index contributed by atoms with van der Waals surface area (Å²) in [4.78, 5) is 10.9. The fourth-order valence-electron chi connectivity index (χ4n) is 1.41. The van der Waals surface area contributed by atoms with Crippen molar-refractivity contribution in [3.63, 3.8) is 0 Å². The van der Waals surface area contributed by atoms with E-state index in [1.54, 1.807) is 12.1 Å². The number of halogens is 3. The second-order valence-electron chi connectivity index (χ2n) is 2.99. The van der Waals surface area contributed by atoms with E-state index in [0.29, 0.717) is 17.2 Å². The zero-order valence-corrected chi connectivity index (χ0v) is 9.99. The molecule has 1 aromatic rings. The van der Waals surface area contributed by atoms with E-state index in [1.165, 1.54) is 0 Å². The van der Waals surface area contributed by atoms with Crippen molar-refractivity contribution in [2.45, 2.75) is 12.5 Å². The van der Waals surface area contributed by atoms with Crippen LogP contribution in [0.3, 0.4) is 0 Å². The summed E-state index contributed by atoms with van der Waals surface area (Å²) in [5.74, 6) is 0.661. The molecule has 0 fully saturated rings. The Kier molecular flexibility index (Phi) is 2.73. The summed E-state index contributed by atoms with van der Waals surface area (Å²) >= 11 is 14.5. The molecule has 1 aromatic carbocycles. The Morgan fingerprint density at radius 1 is 1.57 bits per heavy atom. The highest BCUT2D eigenvalue weighted by Gasteiger charge is 2.29. The summed E-state index contributed by atoms with van der Waals surface area (Å²) in [6.45, 7) is 0. The first kappa shape index (κ1) is 10.3. The van der Waals surface area contributed by atoms with Gasteiger partial charge in [0.05, 0.1) is 4.47 Å². The molecule has 0 spiro atoms. The van der Waals surface area contributed by atoms with Gasteiger partial charge in [0.1, 0.15) is 5.75 Å². The topological polar surface area (TPSA) is 26.3 Å². The third-order valence-electron chi connectivity index (χ3n) is 2.00. The molecule has 14 heavy (non-hydrogen) atoms. The molecule has 74 valence electrons. The van der Waals surface area contributed by atoms with Gasteiger partial charge >= 0.3 is 0 Å². The molecule has 1 aliphatic rings. The molecule has 1 unspecified atom stereocenters. The van der Waals surface area contributed by atoms with Gasteiger partial charge in [0.25, 0.3) is 5.24 Å². The summed E-state index contributed by atoms with van der Waals surface area (Å²) in [5, 5.41) is 0.131. The van der Waals surface area contributed by atoms with Crippen LogP contribution < -0.4 is 4.74 Å². The Labute approximate surface area is 99.3 Å². The van der Waals surface area contributed by atoms with Crippen molar-refractivity contribution in [2.75, 3.05) is 0 Å². The van der Waals surface area contributed by atoms with Crippen LogP contribution in [-0.4, -0.2) is 11.3 Å². The number of hydrogen-bond donors (Lipinski definition) is 0. The molecule has 5 heteroatoms. The lowest BCUT2D eigenvalue weighted by atomic mass is 10.1. The smallest absolute Gasteiger partial charge is 0.262 e. The number of fused-ring (bicyclic) bond motifs is 1. The summed E-state index contributed by atoms with van der Waals surface area (Å²) in [5.41, 5.74) is 0.906. The molecule has 0 saturated carbocycles. The van der Waals surface area contributed by atoms with Crippen LogP contribution >= 0.6 is 39.1 Å². The molecule has 0 N–H and O–H groups in total. The van der Waals surface area contributed by atoms with Gasteiger partial charge in [-0.3, -0.25) is 4.79 Å². The molecule has 0 saturated heterocycles. The molecule has 2 rings (SSSR count). The Hall–Kier alpha value is -0.250. The molecule has 1 aliphatic heterocycles. The average Bonchev–Trinajstić information content (AvgIpc) is 2.47. The minimum Gasteiger partial charge on any atom is -0.479 e. The van der Waals surface area contributed by atoms with Gasteiger partial charge in [-0.05, 0) is 39.7 Å². The Morgan fingerprint density at radius 2 is 2.29 bits per heavy atom. The van der Waals surface area contributed by atoms with Crippen molar-refractivity contribution >= 4 is 44.4 Å². The maximum atomic E-state index is 10.9. The largest absolute Gasteiger partial charge is 0.479 e. The standard InChI is InChI=1S/C9H5BrCl2O2/c10-6-3-5(11)1-4-2-7(9(12)13)14-8(4)6/h1,3,7H,2H2. The Bertz CT molecular complexity index is 406. The molecule has 0 aliphatic carbocycles. The van der Waals surface area contributed by atoms with E-state index < -0.39 is 11.3 Å². The van der Waals surface area contributed by atoms with Gasteiger partial charge in [0, 0.05) is 17.0 Å². The van der Waals surface area contributed by atoms with Gasteiger partial charge in [-0.1, -0.05) is 11.6 Å². The van der Waals surface area contributed by atoms with Gasteiger partial charge in [-0.25, -0.2) is 0 Å². The minimum absolute atomic E-state index is 0.482. The van der Waals surface area contributed by atoms with E-state index in [9.17, 15) is 4.79 Å². The zero-order valence-electron chi connectivity index (χ0n) is 6.89. The first-order valence-corrected chi connectivity index (χ1v) is 5.47. The van der Waals surface area contributed by atoms with Gasteiger partial charge in [0.15, 0.2) is 6.10 Å². The second-order valence-corrected chi connectivity index (χ2v) is 4.65. The first-order valence-electron chi connectivity index (χ1n) is 3.92. The van der Waals surface area contributed by atoms with E-state index >= 15 is 0 Å². The summed E-state index contributed by atoms with van der Waals surface area (Å²) in [6.07, 6.45) is -0.0990. The van der Waals surface area contributed by atoms with Crippen molar-refractivity contribution < 1.29 is 9.53 Å². The summed E-state index contributed by atoms with van der Waals surface area (Å²) in [6, 6.07) is 3.50. The predicted octanol–water partition coefficient (Wildman–Crippen LogP) is 3.17. The van der Waals surface area contributed by atoms with Gasteiger partial charge in [-0.15, -0.1) is 0 Å². The van der Waals surface area contributed by atoms with Gasteiger partial charge in [0.2, 0.25) is 0 Å². The van der Waals surface area contributed by atoms with Crippen molar-refractivity contribution in [1.29, 1.82) is 0 Å². The maximum absolute atomic E-state index is 10.9. The zero-order chi connectivity index (χ0) is 10.3. The lowest BCUT2D eigenvalue weighted by Gasteiger charge is -2.05. The van der Waals surface area contributed by atoms with Crippen molar-refractivity contribution in [1.82, 2.24) is 0 Å². The number of benzene rings is 1. The SMILES string of the molecule is O=C(Cl)C1Cc2cc(Cl)cc(Br)c2O1. The maximum Gasteiger partial charge on any atom is 0.262 e. The fourth-order valence-corrected chi connectivity index (χ4v) is 2.50.